The number of hydrogen-bond acceptors (Lipinski definition) is 4. The van der Waals surface area contributed by atoms with Crippen molar-refractivity contribution < 1.29 is 18.0 Å². The van der Waals surface area contributed by atoms with E-state index in [0.29, 0.717) is 12.3 Å². The number of alkyl halides is 3. The van der Waals surface area contributed by atoms with Crippen LogP contribution in [0.2, 0.25) is 0 Å². The van der Waals surface area contributed by atoms with Gasteiger partial charge >= 0.3 is 6.18 Å². The number of nitrogens with zero attached hydrogens (tertiary/aromatic N) is 1. The van der Waals surface area contributed by atoms with Crippen LogP contribution in [-0.2, 0) is 4.84 Å². The van der Waals surface area contributed by atoms with Crippen LogP contribution in [0.25, 0.3) is 0 Å². The van der Waals surface area contributed by atoms with Gasteiger partial charge in [-0.15, -0.1) is 0 Å². The molecule has 0 aliphatic carbocycles. The van der Waals surface area contributed by atoms with Gasteiger partial charge in [-0.25, -0.2) is 0 Å². The fraction of sp³-hybridized carbons (Fsp3) is 0.727. The number of hydrogen-bond donors (Lipinski definition) is 2. The first kappa shape index (κ1) is 13.2. The van der Waals surface area contributed by atoms with E-state index >= 15 is 0 Å². The molecule has 2 rings (SSSR count). The molecule has 0 fully saturated rings. The number of nitrogens with two attached hydrogens (primary N) is 1. The van der Waals surface area contributed by atoms with Crippen LogP contribution in [0.3, 0.4) is 0 Å². The maximum absolute atomic E-state index is 12.4. The van der Waals surface area contributed by atoms with Crippen molar-refractivity contribution in [3.05, 3.63) is 11.8 Å². The molecular formula is C11H16F3N3O. The summed E-state index contributed by atoms with van der Waals surface area (Å²) in [6.07, 6.45) is 0.0926. The number of amidine groups is 1. The number of aliphatic imine (C=N–C) groups is 1. The second-order valence-corrected chi connectivity index (χ2v) is 4.59. The molecule has 2 aliphatic rings. The van der Waals surface area contributed by atoms with Crippen molar-refractivity contribution in [1.29, 1.82) is 0 Å². The van der Waals surface area contributed by atoms with E-state index in [0.717, 1.165) is 31.8 Å². The Labute approximate surface area is 103 Å². The molecule has 0 saturated heterocycles. The maximum Gasteiger partial charge on any atom is 0.432 e. The summed E-state index contributed by atoms with van der Waals surface area (Å²) < 4.78 is 37.1. The predicted molar refractivity (Wildman–Crippen MR) is 60.6 cm³/mol. The number of nitrogens with one attached hydrogen (secondary N) is 1. The molecule has 7 heteroatoms. The fourth-order valence-corrected chi connectivity index (χ4v) is 2.15. The predicted octanol–water partition coefficient (Wildman–Crippen LogP) is 2.03. The quantitative estimate of drug-likeness (QED) is 0.801. The van der Waals surface area contributed by atoms with Crippen LogP contribution < -0.4 is 11.2 Å². The fourth-order valence-electron chi connectivity index (χ4n) is 2.15. The largest absolute Gasteiger partial charge is 0.432 e. The molecule has 2 aliphatic heterocycles. The third-order valence-corrected chi connectivity index (χ3v) is 3.05. The van der Waals surface area contributed by atoms with E-state index in [-0.39, 0.29) is 6.04 Å². The van der Waals surface area contributed by atoms with Crippen molar-refractivity contribution in [1.82, 2.24) is 5.48 Å². The first-order valence-corrected chi connectivity index (χ1v) is 5.98. The highest BCUT2D eigenvalue weighted by Gasteiger charge is 2.38. The lowest BCUT2D eigenvalue weighted by Crippen LogP contribution is -2.23. The van der Waals surface area contributed by atoms with Crippen molar-refractivity contribution in [3.63, 3.8) is 0 Å². The van der Waals surface area contributed by atoms with Gasteiger partial charge in [0.25, 0.3) is 0 Å². The highest BCUT2D eigenvalue weighted by atomic mass is 19.4. The van der Waals surface area contributed by atoms with Gasteiger partial charge in [0, 0.05) is 12.8 Å². The standard InChI is InChI=1S/C11H16F3N3O/c12-11(13,14)9-6-8(18-17-9)5-7-3-1-2-4-10(15)16-7/h6-8,17H,1-5H2,(H2,15,16). The van der Waals surface area contributed by atoms with E-state index in [4.69, 9.17) is 10.6 Å². The molecule has 18 heavy (non-hydrogen) atoms. The molecule has 0 spiro atoms. The molecule has 0 aromatic heterocycles. The molecule has 0 aromatic carbocycles. The molecular weight excluding hydrogens is 247 g/mol. The lowest BCUT2D eigenvalue weighted by molar-refractivity contribution is -0.110. The number of allylic oxidation sites excluding steroid dienone is 1. The summed E-state index contributed by atoms with van der Waals surface area (Å²) >= 11 is 0. The third kappa shape index (κ3) is 3.38. The van der Waals surface area contributed by atoms with Crippen LogP contribution in [0.1, 0.15) is 32.1 Å². The van der Waals surface area contributed by atoms with E-state index < -0.39 is 18.0 Å². The van der Waals surface area contributed by atoms with Crippen molar-refractivity contribution in [2.45, 2.75) is 50.4 Å². The number of rotatable bonds is 2. The summed E-state index contributed by atoms with van der Waals surface area (Å²) in [5.74, 6) is 0.587. The Kier molecular flexibility index (Phi) is 3.79. The topological polar surface area (TPSA) is 59.6 Å². The SMILES string of the molecule is NC1=NC(CC2C=C(C(F)(F)F)NO2)CCCC1. The van der Waals surface area contributed by atoms with Gasteiger partial charge in [0.2, 0.25) is 0 Å². The lowest BCUT2D eigenvalue weighted by Gasteiger charge is -2.14. The average molecular weight is 263 g/mol. The lowest BCUT2D eigenvalue weighted by atomic mass is 10.0. The minimum absolute atomic E-state index is 0.0527. The number of hydroxylamine groups is 1. The van der Waals surface area contributed by atoms with E-state index in [1.165, 1.54) is 0 Å². The van der Waals surface area contributed by atoms with Crippen LogP contribution in [-0.4, -0.2) is 24.2 Å². The van der Waals surface area contributed by atoms with E-state index in [2.05, 4.69) is 4.99 Å². The first-order valence-electron chi connectivity index (χ1n) is 5.98. The summed E-state index contributed by atoms with van der Waals surface area (Å²) in [5, 5.41) is 0. The minimum Gasteiger partial charge on any atom is -0.387 e. The zero-order chi connectivity index (χ0) is 13.2. The van der Waals surface area contributed by atoms with Crippen LogP contribution in [0.15, 0.2) is 16.8 Å². The summed E-state index contributed by atoms with van der Waals surface area (Å²) in [6.45, 7) is 0. The van der Waals surface area contributed by atoms with Crippen LogP contribution in [0, 0.1) is 0 Å². The molecule has 2 unspecified atom stereocenters. The molecule has 0 bridgehead atoms. The highest BCUT2D eigenvalue weighted by Crippen LogP contribution is 2.29. The van der Waals surface area contributed by atoms with Gasteiger partial charge < -0.3 is 5.73 Å². The highest BCUT2D eigenvalue weighted by molar-refractivity contribution is 5.80. The summed E-state index contributed by atoms with van der Waals surface area (Å²) in [5.41, 5.74) is 6.78. The monoisotopic (exact) mass is 263 g/mol. The van der Waals surface area contributed by atoms with Crippen molar-refractivity contribution in [3.8, 4) is 0 Å². The van der Waals surface area contributed by atoms with Crippen LogP contribution in [0.5, 0.6) is 0 Å². The minimum atomic E-state index is -4.39. The Morgan fingerprint density at radius 2 is 2.22 bits per heavy atom. The molecule has 0 saturated carbocycles. The zero-order valence-corrected chi connectivity index (χ0v) is 9.83. The molecule has 0 aromatic rings. The third-order valence-electron chi connectivity index (χ3n) is 3.05. The van der Waals surface area contributed by atoms with Gasteiger partial charge in [-0.2, -0.15) is 13.2 Å². The van der Waals surface area contributed by atoms with Crippen LogP contribution >= 0.6 is 0 Å². The van der Waals surface area contributed by atoms with Crippen LogP contribution in [0.4, 0.5) is 13.2 Å². The van der Waals surface area contributed by atoms with E-state index in [1.807, 2.05) is 5.48 Å². The normalized spacial score (nSPS) is 29.3. The van der Waals surface area contributed by atoms with E-state index in [1.54, 1.807) is 0 Å². The Bertz CT molecular complexity index is 365. The second kappa shape index (κ2) is 5.17. The summed E-state index contributed by atoms with van der Waals surface area (Å²) in [4.78, 5) is 9.20. The van der Waals surface area contributed by atoms with E-state index in [9.17, 15) is 13.2 Å². The molecule has 102 valence electrons. The Morgan fingerprint density at radius 1 is 1.44 bits per heavy atom. The molecule has 0 amide bonds. The van der Waals surface area contributed by atoms with Gasteiger partial charge in [0.15, 0.2) is 0 Å². The van der Waals surface area contributed by atoms with Crippen molar-refractivity contribution >= 4 is 5.84 Å². The maximum atomic E-state index is 12.4. The summed E-state index contributed by atoms with van der Waals surface area (Å²) in [7, 11) is 0. The van der Waals surface area contributed by atoms with Gasteiger partial charge in [-0.3, -0.25) is 15.3 Å². The molecule has 4 nitrogen and oxygen atoms in total. The second-order valence-electron chi connectivity index (χ2n) is 4.59. The Hall–Kier alpha value is -1.24. The van der Waals surface area contributed by atoms with Gasteiger partial charge in [-0.05, 0) is 18.9 Å². The molecule has 3 N–H and O–H groups in total. The Morgan fingerprint density at radius 3 is 2.89 bits per heavy atom. The first-order chi connectivity index (χ1) is 8.45. The van der Waals surface area contributed by atoms with Crippen molar-refractivity contribution in [2.24, 2.45) is 10.7 Å². The van der Waals surface area contributed by atoms with Gasteiger partial charge in [-0.1, -0.05) is 6.42 Å². The average Bonchev–Trinajstić information content (AvgIpc) is 2.63. The van der Waals surface area contributed by atoms with Gasteiger partial charge in [0.1, 0.15) is 11.8 Å². The smallest absolute Gasteiger partial charge is 0.387 e. The number of halogens is 3. The summed E-state index contributed by atoms with van der Waals surface area (Å²) in [6, 6.07) is -0.0527. The zero-order valence-electron chi connectivity index (χ0n) is 9.83. The molecule has 2 atom stereocenters. The van der Waals surface area contributed by atoms with Crippen molar-refractivity contribution in [2.75, 3.05) is 0 Å². The van der Waals surface area contributed by atoms with Gasteiger partial charge in [0.05, 0.1) is 11.9 Å². The molecule has 0 radical (unpaired) electrons. The Balaban J connectivity index is 1.95. The molecule has 2 heterocycles.